The molecule has 0 bridgehead atoms. The molecule has 3 rings (SSSR count). The first-order chi connectivity index (χ1) is 7.33. The van der Waals surface area contributed by atoms with Crippen LogP contribution in [0.4, 0.5) is 0 Å². The number of hydrogen-bond donors (Lipinski definition) is 1. The molecule has 4 heteroatoms. The molecule has 0 aromatic carbocycles. The second-order valence-electron chi connectivity index (χ2n) is 4.71. The third kappa shape index (κ3) is 1.82. The van der Waals surface area contributed by atoms with E-state index in [-0.39, 0.29) is 0 Å². The summed E-state index contributed by atoms with van der Waals surface area (Å²) in [5, 5.41) is 6.93. The highest BCUT2D eigenvalue weighted by atomic mass is 32.1. The predicted octanol–water partition coefficient (Wildman–Crippen LogP) is 1.25. The largest absolute Gasteiger partial charge is 0.315 e. The number of nitrogens with zero attached hydrogens (tertiary/aromatic N) is 2. The molecule has 1 aromatic rings. The van der Waals surface area contributed by atoms with Gasteiger partial charge in [0.2, 0.25) is 0 Å². The molecule has 2 aliphatic heterocycles. The van der Waals surface area contributed by atoms with Crippen LogP contribution >= 0.6 is 11.3 Å². The summed E-state index contributed by atoms with van der Waals surface area (Å²) in [7, 11) is 2.20. The summed E-state index contributed by atoms with van der Waals surface area (Å²) in [6.45, 7) is 4.65. The Morgan fingerprint density at radius 2 is 2.33 bits per heavy atom. The Kier molecular flexibility index (Phi) is 2.50. The molecule has 3 nitrogen and oxygen atoms in total. The minimum absolute atomic E-state index is 0.689. The molecule has 1 atom stereocenters. The van der Waals surface area contributed by atoms with E-state index in [1.165, 1.54) is 30.2 Å². The molecule has 2 fully saturated rings. The van der Waals surface area contributed by atoms with Gasteiger partial charge in [-0.15, -0.1) is 11.3 Å². The number of aromatic nitrogens is 1. The van der Waals surface area contributed by atoms with Crippen molar-refractivity contribution >= 4 is 11.3 Å². The van der Waals surface area contributed by atoms with Crippen LogP contribution in [0.15, 0.2) is 5.38 Å². The predicted molar refractivity (Wildman–Crippen MR) is 62.6 cm³/mol. The van der Waals surface area contributed by atoms with Gasteiger partial charge in [-0.2, -0.15) is 0 Å². The lowest BCUT2D eigenvalue weighted by Crippen LogP contribution is -2.40. The van der Waals surface area contributed by atoms with Gasteiger partial charge in [0.25, 0.3) is 0 Å². The van der Waals surface area contributed by atoms with Crippen LogP contribution in [0.5, 0.6) is 0 Å². The fourth-order valence-electron chi connectivity index (χ4n) is 2.31. The van der Waals surface area contributed by atoms with Crippen LogP contribution in [0.2, 0.25) is 0 Å². The minimum atomic E-state index is 0.689. The van der Waals surface area contributed by atoms with Crippen molar-refractivity contribution in [2.24, 2.45) is 0 Å². The Labute approximate surface area is 94.5 Å². The quantitative estimate of drug-likeness (QED) is 0.818. The Hall–Kier alpha value is -0.450. The van der Waals surface area contributed by atoms with E-state index in [4.69, 9.17) is 4.98 Å². The van der Waals surface area contributed by atoms with Gasteiger partial charge in [0.05, 0.1) is 10.7 Å². The van der Waals surface area contributed by atoms with Gasteiger partial charge in [0.15, 0.2) is 0 Å². The molecule has 0 amide bonds. The van der Waals surface area contributed by atoms with Crippen molar-refractivity contribution in [3.05, 3.63) is 16.1 Å². The maximum absolute atomic E-state index is 4.80. The molecule has 82 valence electrons. The van der Waals surface area contributed by atoms with E-state index in [1.54, 1.807) is 0 Å². The average molecular weight is 223 g/mol. The van der Waals surface area contributed by atoms with E-state index in [0.29, 0.717) is 11.8 Å². The second-order valence-corrected chi connectivity index (χ2v) is 5.60. The van der Waals surface area contributed by atoms with Gasteiger partial charge in [0, 0.05) is 36.9 Å². The molecule has 1 N–H and O–H groups in total. The zero-order chi connectivity index (χ0) is 10.3. The number of likely N-dealkylation sites (N-methyl/N-ethyl adjacent to an activating group) is 1. The highest BCUT2D eigenvalue weighted by Crippen LogP contribution is 2.31. The number of likely N-dealkylation sites (tertiary alicyclic amines) is 1. The van der Waals surface area contributed by atoms with Crippen molar-refractivity contribution < 1.29 is 0 Å². The van der Waals surface area contributed by atoms with Gasteiger partial charge in [-0.05, 0) is 20.0 Å². The van der Waals surface area contributed by atoms with Gasteiger partial charge >= 0.3 is 0 Å². The number of hydrogen-bond acceptors (Lipinski definition) is 4. The standard InChI is InChI=1S/C11H17N3S/c1-14-3-2-8(6-14)11-13-10(7-15-11)9-4-12-5-9/h7-9,12H,2-6H2,1H3. The molecule has 0 aliphatic carbocycles. The number of thiazole rings is 1. The fraction of sp³-hybridized carbons (Fsp3) is 0.727. The normalized spacial score (nSPS) is 28.2. The van der Waals surface area contributed by atoms with Crippen LogP contribution in [0, 0.1) is 0 Å². The highest BCUT2D eigenvalue weighted by Gasteiger charge is 2.26. The maximum Gasteiger partial charge on any atom is 0.0972 e. The van der Waals surface area contributed by atoms with Crippen LogP contribution in [0.25, 0.3) is 0 Å². The second kappa shape index (κ2) is 3.85. The molecule has 15 heavy (non-hydrogen) atoms. The van der Waals surface area contributed by atoms with Gasteiger partial charge in [-0.25, -0.2) is 4.98 Å². The van der Waals surface area contributed by atoms with Crippen LogP contribution in [-0.2, 0) is 0 Å². The molecular formula is C11H17N3S. The number of nitrogens with one attached hydrogen (secondary N) is 1. The van der Waals surface area contributed by atoms with Crippen molar-refractivity contribution in [2.75, 3.05) is 33.2 Å². The van der Waals surface area contributed by atoms with Crippen LogP contribution < -0.4 is 5.32 Å². The molecule has 2 saturated heterocycles. The Balaban J connectivity index is 1.72. The summed E-state index contributed by atoms with van der Waals surface area (Å²) in [6, 6.07) is 0. The van der Waals surface area contributed by atoms with Gasteiger partial charge in [-0.3, -0.25) is 0 Å². The van der Waals surface area contributed by atoms with Crippen molar-refractivity contribution in [1.29, 1.82) is 0 Å². The van der Waals surface area contributed by atoms with Crippen molar-refractivity contribution in [3.63, 3.8) is 0 Å². The lowest BCUT2D eigenvalue weighted by atomic mass is 10.0. The van der Waals surface area contributed by atoms with Crippen LogP contribution in [-0.4, -0.2) is 43.1 Å². The van der Waals surface area contributed by atoms with E-state index < -0.39 is 0 Å². The maximum atomic E-state index is 4.80. The van der Waals surface area contributed by atoms with Crippen LogP contribution in [0.3, 0.4) is 0 Å². The number of rotatable bonds is 2. The lowest BCUT2D eigenvalue weighted by molar-refractivity contribution is 0.410. The van der Waals surface area contributed by atoms with Crippen molar-refractivity contribution in [1.82, 2.24) is 15.2 Å². The summed E-state index contributed by atoms with van der Waals surface area (Å²) < 4.78 is 0. The molecular weight excluding hydrogens is 206 g/mol. The zero-order valence-electron chi connectivity index (χ0n) is 9.07. The molecule has 3 heterocycles. The zero-order valence-corrected chi connectivity index (χ0v) is 9.89. The Bertz CT molecular complexity index is 345. The monoisotopic (exact) mass is 223 g/mol. The first-order valence-electron chi connectivity index (χ1n) is 5.67. The molecule has 0 spiro atoms. The minimum Gasteiger partial charge on any atom is -0.315 e. The Morgan fingerprint density at radius 1 is 1.47 bits per heavy atom. The summed E-state index contributed by atoms with van der Waals surface area (Å²) in [5.41, 5.74) is 1.32. The Morgan fingerprint density at radius 3 is 2.93 bits per heavy atom. The topological polar surface area (TPSA) is 28.2 Å². The SMILES string of the molecule is CN1CCC(c2nc(C3CNC3)cs2)C1. The van der Waals surface area contributed by atoms with E-state index in [0.717, 1.165) is 13.1 Å². The summed E-state index contributed by atoms with van der Waals surface area (Å²) in [4.78, 5) is 7.20. The summed E-state index contributed by atoms with van der Waals surface area (Å²) in [5.74, 6) is 1.39. The fourth-order valence-corrected chi connectivity index (χ4v) is 3.34. The van der Waals surface area contributed by atoms with Gasteiger partial charge in [0.1, 0.15) is 0 Å². The first kappa shape index (κ1) is 9.75. The lowest BCUT2D eigenvalue weighted by Gasteiger charge is -2.25. The summed E-state index contributed by atoms with van der Waals surface area (Å²) >= 11 is 1.86. The third-order valence-corrected chi connectivity index (χ3v) is 4.51. The third-order valence-electron chi connectivity index (χ3n) is 3.48. The smallest absolute Gasteiger partial charge is 0.0972 e. The molecule has 0 saturated carbocycles. The van der Waals surface area contributed by atoms with Gasteiger partial charge in [-0.1, -0.05) is 0 Å². The first-order valence-corrected chi connectivity index (χ1v) is 6.55. The van der Waals surface area contributed by atoms with Crippen molar-refractivity contribution in [3.8, 4) is 0 Å². The van der Waals surface area contributed by atoms with Crippen LogP contribution in [0.1, 0.15) is 29.0 Å². The van der Waals surface area contributed by atoms with E-state index in [2.05, 4.69) is 22.6 Å². The molecule has 0 radical (unpaired) electrons. The molecule has 1 unspecified atom stereocenters. The molecule has 2 aliphatic rings. The average Bonchev–Trinajstić information content (AvgIpc) is 2.70. The summed E-state index contributed by atoms with van der Waals surface area (Å²) in [6.07, 6.45) is 1.28. The highest BCUT2D eigenvalue weighted by molar-refractivity contribution is 7.09. The van der Waals surface area contributed by atoms with Gasteiger partial charge < -0.3 is 10.2 Å². The van der Waals surface area contributed by atoms with E-state index >= 15 is 0 Å². The molecule has 1 aromatic heterocycles. The van der Waals surface area contributed by atoms with E-state index in [9.17, 15) is 0 Å². The van der Waals surface area contributed by atoms with Crippen molar-refractivity contribution in [2.45, 2.75) is 18.3 Å². The van der Waals surface area contributed by atoms with E-state index in [1.807, 2.05) is 11.3 Å².